The van der Waals surface area contributed by atoms with Crippen LogP contribution in [0.25, 0.3) is 32.9 Å². The third-order valence-corrected chi connectivity index (χ3v) is 7.51. The van der Waals surface area contributed by atoms with Gasteiger partial charge in [0.15, 0.2) is 0 Å². The van der Waals surface area contributed by atoms with E-state index in [0.29, 0.717) is 5.56 Å². The Balaban J connectivity index is 1.39. The molecule has 0 saturated carbocycles. The van der Waals surface area contributed by atoms with Crippen LogP contribution >= 0.6 is 0 Å². The van der Waals surface area contributed by atoms with E-state index in [1.807, 2.05) is 6.07 Å². The predicted octanol–water partition coefficient (Wildman–Crippen LogP) is 4.06. The molecule has 36 heavy (non-hydrogen) atoms. The molecule has 2 fully saturated rings. The van der Waals surface area contributed by atoms with Crippen LogP contribution in [0.3, 0.4) is 0 Å². The number of aromatic amines is 1. The first kappa shape index (κ1) is 23.0. The molecule has 186 valence electrons. The number of amides is 1. The third-order valence-electron chi connectivity index (χ3n) is 7.51. The Morgan fingerprint density at radius 2 is 1.64 bits per heavy atom. The van der Waals surface area contributed by atoms with Crippen molar-refractivity contribution in [3.05, 3.63) is 65.2 Å². The average molecular weight is 485 g/mol. The van der Waals surface area contributed by atoms with Crippen molar-refractivity contribution in [1.29, 1.82) is 0 Å². The van der Waals surface area contributed by atoms with Gasteiger partial charge >= 0.3 is 0 Å². The van der Waals surface area contributed by atoms with E-state index in [1.54, 1.807) is 0 Å². The van der Waals surface area contributed by atoms with Crippen molar-refractivity contribution in [2.24, 2.45) is 5.73 Å². The summed E-state index contributed by atoms with van der Waals surface area (Å²) in [4.78, 5) is 20.7. The van der Waals surface area contributed by atoms with Gasteiger partial charge in [-0.25, -0.2) is 0 Å². The topological polar surface area (TPSA) is 83.8 Å². The van der Waals surface area contributed by atoms with Gasteiger partial charge < -0.3 is 25.1 Å². The van der Waals surface area contributed by atoms with Crippen LogP contribution in [-0.2, 0) is 16.0 Å². The molecule has 2 aliphatic rings. The highest BCUT2D eigenvalue weighted by atomic mass is 16.5. The van der Waals surface area contributed by atoms with Crippen LogP contribution in [0.5, 0.6) is 0 Å². The molecule has 0 radical (unpaired) electrons. The summed E-state index contributed by atoms with van der Waals surface area (Å²) in [5.41, 5.74) is 14.0. The van der Waals surface area contributed by atoms with Gasteiger partial charge in [-0.3, -0.25) is 9.69 Å². The molecule has 2 aliphatic heterocycles. The Morgan fingerprint density at radius 3 is 2.36 bits per heavy atom. The first-order chi connectivity index (χ1) is 17.6. The number of H-pyrrole nitrogens is 1. The number of rotatable bonds is 5. The number of carbonyl (C=O) groups excluding carboxylic acids is 1. The van der Waals surface area contributed by atoms with E-state index in [4.69, 9.17) is 15.2 Å². The van der Waals surface area contributed by atoms with E-state index in [1.165, 1.54) is 11.1 Å². The number of benzene rings is 3. The molecule has 3 aromatic carbocycles. The minimum absolute atomic E-state index is 0.428. The van der Waals surface area contributed by atoms with Gasteiger partial charge in [0.1, 0.15) is 0 Å². The first-order valence-electron chi connectivity index (χ1n) is 12.7. The number of nitrogens with two attached hydrogens (primary N) is 1. The molecule has 1 amide bonds. The maximum absolute atomic E-state index is 12.5. The molecule has 2 saturated heterocycles. The number of nitrogens with zero attached hydrogens (tertiary/aromatic N) is 2. The molecule has 4 aromatic rings. The molecule has 0 atom stereocenters. The molecule has 3 N–H and O–H groups in total. The van der Waals surface area contributed by atoms with Crippen LogP contribution in [-0.4, -0.2) is 68.4 Å². The minimum atomic E-state index is -0.428. The van der Waals surface area contributed by atoms with E-state index < -0.39 is 5.91 Å². The number of hydrogen-bond acceptors (Lipinski definition) is 5. The smallest absolute Gasteiger partial charge is 0.250 e. The van der Waals surface area contributed by atoms with E-state index >= 15 is 0 Å². The number of nitrogens with one attached hydrogen (secondary N) is 1. The number of aryl methyl sites for hydroxylation is 1. The Kier molecular flexibility index (Phi) is 6.13. The predicted molar refractivity (Wildman–Crippen MR) is 144 cm³/mol. The summed E-state index contributed by atoms with van der Waals surface area (Å²) in [7, 11) is 0. The number of primary amides is 1. The molecule has 7 nitrogen and oxygen atoms in total. The van der Waals surface area contributed by atoms with E-state index in [0.717, 1.165) is 97.8 Å². The standard InChI is InChI=1S/C29H32N4O3/c1-19-14-20(2-3-21(19)18-32-6-10-35-11-7-32)22-15-25-24-5-4-23(33-8-12-36-13-9-33)17-27(24)31-28(25)26(16-22)29(30)34/h2-5,14-17,31H,6-13,18H2,1H3,(H2,30,34). The van der Waals surface area contributed by atoms with Gasteiger partial charge in [0, 0.05) is 54.7 Å². The van der Waals surface area contributed by atoms with Crippen molar-refractivity contribution in [3.63, 3.8) is 0 Å². The van der Waals surface area contributed by atoms with Gasteiger partial charge in [0.25, 0.3) is 5.91 Å². The van der Waals surface area contributed by atoms with Crippen molar-refractivity contribution in [2.45, 2.75) is 13.5 Å². The second kappa shape index (κ2) is 9.58. The Bertz CT molecular complexity index is 1430. The number of anilines is 1. The summed E-state index contributed by atoms with van der Waals surface area (Å²) in [6.07, 6.45) is 0. The highest BCUT2D eigenvalue weighted by Crippen LogP contribution is 2.35. The SMILES string of the molecule is Cc1cc(-c2cc(C(N)=O)c3[nH]c4cc(N5CCOCC5)ccc4c3c2)ccc1CN1CCOCC1. The molecular formula is C29H32N4O3. The summed E-state index contributed by atoms with van der Waals surface area (Å²) in [6.45, 7) is 9.85. The normalized spacial score (nSPS) is 17.2. The van der Waals surface area contributed by atoms with Gasteiger partial charge in [-0.15, -0.1) is 0 Å². The zero-order chi connectivity index (χ0) is 24.6. The molecule has 0 bridgehead atoms. The van der Waals surface area contributed by atoms with E-state index in [2.05, 4.69) is 64.2 Å². The maximum atomic E-state index is 12.5. The zero-order valence-corrected chi connectivity index (χ0v) is 20.7. The van der Waals surface area contributed by atoms with Crippen LogP contribution in [0.2, 0.25) is 0 Å². The number of ether oxygens (including phenoxy) is 2. The van der Waals surface area contributed by atoms with Gasteiger partial charge in [-0.2, -0.15) is 0 Å². The maximum Gasteiger partial charge on any atom is 0.250 e. The highest BCUT2D eigenvalue weighted by Gasteiger charge is 2.18. The first-order valence-corrected chi connectivity index (χ1v) is 12.7. The van der Waals surface area contributed by atoms with Gasteiger partial charge in [-0.1, -0.05) is 24.3 Å². The summed E-state index contributed by atoms with van der Waals surface area (Å²) in [6, 6.07) is 17.1. The lowest BCUT2D eigenvalue weighted by molar-refractivity contribution is 0.0341. The monoisotopic (exact) mass is 484 g/mol. The van der Waals surface area contributed by atoms with Crippen molar-refractivity contribution in [2.75, 3.05) is 57.5 Å². The molecule has 0 aliphatic carbocycles. The average Bonchev–Trinajstić information content (AvgIpc) is 3.28. The Hall–Kier alpha value is -3.39. The Morgan fingerprint density at radius 1 is 0.889 bits per heavy atom. The number of aromatic nitrogens is 1. The molecular weight excluding hydrogens is 452 g/mol. The molecule has 1 aromatic heterocycles. The van der Waals surface area contributed by atoms with E-state index in [9.17, 15) is 4.79 Å². The van der Waals surface area contributed by atoms with Crippen molar-refractivity contribution in [3.8, 4) is 11.1 Å². The van der Waals surface area contributed by atoms with Gasteiger partial charge in [0.05, 0.1) is 37.5 Å². The summed E-state index contributed by atoms with van der Waals surface area (Å²) >= 11 is 0. The highest BCUT2D eigenvalue weighted by molar-refractivity contribution is 6.16. The third kappa shape index (κ3) is 4.34. The second-order valence-corrected chi connectivity index (χ2v) is 9.79. The molecule has 0 unspecified atom stereocenters. The summed E-state index contributed by atoms with van der Waals surface area (Å²) in [5, 5.41) is 2.10. The van der Waals surface area contributed by atoms with Crippen LogP contribution < -0.4 is 10.6 Å². The number of hydrogen-bond donors (Lipinski definition) is 2. The summed E-state index contributed by atoms with van der Waals surface area (Å²) in [5.74, 6) is -0.428. The van der Waals surface area contributed by atoms with Crippen molar-refractivity contribution < 1.29 is 14.3 Å². The minimum Gasteiger partial charge on any atom is -0.379 e. The molecule has 3 heterocycles. The second-order valence-electron chi connectivity index (χ2n) is 9.79. The number of morpholine rings is 2. The van der Waals surface area contributed by atoms with Crippen LogP contribution in [0.4, 0.5) is 5.69 Å². The van der Waals surface area contributed by atoms with Gasteiger partial charge in [-0.05, 0) is 53.4 Å². The molecule has 7 heteroatoms. The van der Waals surface area contributed by atoms with Crippen molar-refractivity contribution in [1.82, 2.24) is 9.88 Å². The summed E-state index contributed by atoms with van der Waals surface area (Å²) < 4.78 is 11.0. The largest absolute Gasteiger partial charge is 0.379 e. The lowest BCUT2D eigenvalue weighted by Gasteiger charge is -2.28. The Labute approximate surface area is 210 Å². The number of carbonyl (C=O) groups is 1. The van der Waals surface area contributed by atoms with Crippen LogP contribution in [0.15, 0.2) is 48.5 Å². The lowest BCUT2D eigenvalue weighted by atomic mass is 9.96. The number of fused-ring (bicyclic) bond motifs is 3. The fourth-order valence-corrected chi connectivity index (χ4v) is 5.43. The lowest BCUT2D eigenvalue weighted by Crippen LogP contribution is -2.36. The van der Waals surface area contributed by atoms with Crippen LogP contribution in [0.1, 0.15) is 21.5 Å². The fourth-order valence-electron chi connectivity index (χ4n) is 5.43. The molecule has 0 spiro atoms. The molecule has 6 rings (SSSR count). The van der Waals surface area contributed by atoms with Crippen molar-refractivity contribution >= 4 is 33.4 Å². The van der Waals surface area contributed by atoms with E-state index in [-0.39, 0.29) is 0 Å². The van der Waals surface area contributed by atoms with Crippen LogP contribution in [0, 0.1) is 6.92 Å². The fraction of sp³-hybridized carbons (Fsp3) is 0.345. The zero-order valence-electron chi connectivity index (χ0n) is 20.7. The van der Waals surface area contributed by atoms with Gasteiger partial charge in [0.2, 0.25) is 0 Å². The quantitative estimate of drug-likeness (QED) is 0.446.